The van der Waals surface area contributed by atoms with Crippen molar-refractivity contribution in [3.63, 3.8) is 0 Å². The fraction of sp³-hybridized carbons (Fsp3) is 0.857. The Hall–Kier alpha value is -0.300. The Balaban J connectivity index is 1.69. The maximum absolute atomic E-state index is 6.47. The van der Waals surface area contributed by atoms with Crippen molar-refractivity contribution in [1.29, 1.82) is 0 Å². The molecular formula is C14H23N. The fourth-order valence-electron chi connectivity index (χ4n) is 4.17. The lowest BCUT2D eigenvalue weighted by atomic mass is 9.78. The standard InChI is InChI=1S/C14H23N/c15-14(11-4-2-1-3-5-11)13-9-10-6-7-12(13)8-10/h4,10,12-14H,1-3,5-9,15H2. The molecule has 2 bridgehead atoms. The predicted octanol–water partition coefficient (Wildman–Crippen LogP) is 3.25. The van der Waals surface area contributed by atoms with E-state index in [9.17, 15) is 0 Å². The highest BCUT2D eigenvalue weighted by atomic mass is 14.7. The van der Waals surface area contributed by atoms with Gasteiger partial charge in [-0.05, 0) is 62.7 Å². The molecule has 0 aromatic heterocycles. The van der Waals surface area contributed by atoms with E-state index >= 15 is 0 Å². The Morgan fingerprint density at radius 1 is 1.20 bits per heavy atom. The smallest absolute Gasteiger partial charge is 0.0285 e. The Labute approximate surface area is 93.1 Å². The van der Waals surface area contributed by atoms with Crippen molar-refractivity contribution < 1.29 is 0 Å². The summed E-state index contributed by atoms with van der Waals surface area (Å²) in [6, 6.07) is 0.417. The summed E-state index contributed by atoms with van der Waals surface area (Å²) in [5.74, 6) is 2.86. The van der Waals surface area contributed by atoms with Gasteiger partial charge in [-0.25, -0.2) is 0 Å². The molecule has 1 heteroatoms. The van der Waals surface area contributed by atoms with Crippen LogP contribution < -0.4 is 5.73 Å². The molecule has 0 radical (unpaired) electrons. The Kier molecular flexibility index (Phi) is 2.59. The van der Waals surface area contributed by atoms with Crippen molar-refractivity contribution in [3.8, 4) is 0 Å². The van der Waals surface area contributed by atoms with Gasteiger partial charge >= 0.3 is 0 Å². The van der Waals surface area contributed by atoms with E-state index in [1.54, 1.807) is 5.57 Å². The first kappa shape index (κ1) is 9.89. The zero-order valence-electron chi connectivity index (χ0n) is 9.62. The molecule has 84 valence electrons. The van der Waals surface area contributed by atoms with Gasteiger partial charge in [0.15, 0.2) is 0 Å². The molecule has 4 atom stereocenters. The van der Waals surface area contributed by atoms with Crippen molar-refractivity contribution in [2.75, 3.05) is 0 Å². The van der Waals surface area contributed by atoms with Crippen LogP contribution in [0, 0.1) is 17.8 Å². The first-order chi connectivity index (χ1) is 7.34. The van der Waals surface area contributed by atoms with Gasteiger partial charge < -0.3 is 5.73 Å². The van der Waals surface area contributed by atoms with Crippen molar-refractivity contribution in [2.45, 2.75) is 57.4 Å². The summed E-state index contributed by atoms with van der Waals surface area (Å²) >= 11 is 0. The summed E-state index contributed by atoms with van der Waals surface area (Å²) in [7, 11) is 0. The molecule has 0 aromatic carbocycles. The number of hydrogen-bond acceptors (Lipinski definition) is 1. The Morgan fingerprint density at radius 2 is 2.13 bits per heavy atom. The van der Waals surface area contributed by atoms with Gasteiger partial charge in [0, 0.05) is 6.04 Å². The van der Waals surface area contributed by atoms with Crippen molar-refractivity contribution >= 4 is 0 Å². The van der Waals surface area contributed by atoms with Crippen LogP contribution in [0.25, 0.3) is 0 Å². The molecule has 2 fully saturated rings. The van der Waals surface area contributed by atoms with E-state index in [2.05, 4.69) is 6.08 Å². The largest absolute Gasteiger partial charge is 0.324 e. The zero-order chi connectivity index (χ0) is 10.3. The number of nitrogens with two attached hydrogens (primary N) is 1. The molecule has 1 nitrogen and oxygen atoms in total. The van der Waals surface area contributed by atoms with Crippen LogP contribution in [0.4, 0.5) is 0 Å². The summed E-state index contributed by atoms with van der Waals surface area (Å²) in [5.41, 5.74) is 8.07. The van der Waals surface area contributed by atoms with E-state index in [0.29, 0.717) is 6.04 Å². The van der Waals surface area contributed by atoms with E-state index in [-0.39, 0.29) is 0 Å². The molecule has 3 aliphatic rings. The van der Waals surface area contributed by atoms with Gasteiger partial charge in [-0.2, -0.15) is 0 Å². The molecule has 2 N–H and O–H groups in total. The van der Waals surface area contributed by atoms with Crippen LogP contribution >= 0.6 is 0 Å². The lowest BCUT2D eigenvalue weighted by molar-refractivity contribution is 0.296. The van der Waals surface area contributed by atoms with E-state index in [4.69, 9.17) is 5.73 Å². The first-order valence-corrected chi connectivity index (χ1v) is 6.79. The molecule has 2 saturated carbocycles. The highest BCUT2D eigenvalue weighted by Crippen LogP contribution is 2.50. The van der Waals surface area contributed by atoms with Gasteiger partial charge in [0.05, 0.1) is 0 Å². The molecule has 0 heterocycles. The van der Waals surface area contributed by atoms with Gasteiger partial charge in [-0.3, -0.25) is 0 Å². The first-order valence-electron chi connectivity index (χ1n) is 6.79. The van der Waals surface area contributed by atoms with Crippen LogP contribution in [0.3, 0.4) is 0 Å². The average Bonchev–Trinajstić information content (AvgIpc) is 2.91. The SMILES string of the molecule is NC(C1=CCCCC1)C1CC2CCC1C2. The van der Waals surface area contributed by atoms with Crippen LogP contribution in [0.5, 0.6) is 0 Å². The van der Waals surface area contributed by atoms with Gasteiger partial charge in [0.2, 0.25) is 0 Å². The molecule has 0 aliphatic heterocycles. The van der Waals surface area contributed by atoms with Crippen molar-refractivity contribution in [1.82, 2.24) is 0 Å². The van der Waals surface area contributed by atoms with Gasteiger partial charge in [-0.1, -0.05) is 18.1 Å². The molecule has 0 aromatic rings. The van der Waals surface area contributed by atoms with E-state index in [1.165, 1.54) is 51.4 Å². The number of allylic oxidation sites excluding steroid dienone is 1. The minimum atomic E-state index is 0.417. The lowest BCUT2D eigenvalue weighted by Gasteiger charge is -2.30. The average molecular weight is 205 g/mol. The van der Waals surface area contributed by atoms with Crippen LogP contribution in [-0.2, 0) is 0 Å². The predicted molar refractivity (Wildman–Crippen MR) is 63.5 cm³/mol. The van der Waals surface area contributed by atoms with Gasteiger partial charge in [-0.15, -0.1) is 0 Å². The quantitative estimate of drug-likeness (QED) is 0.688. The second kappa shape index (κ2) is 3.93. The van der Waals surface area contributed by atoms with Crippen LogP contribution in [-0.4, -0.2) is 6.04 Å². The van der Waals surface area contributed by atoms with Crippen LogP contribution in [0.2, 0.25) is 0 Å². The number of hydrogen-bond donors (Lipinski definition) is 1. The van der Waals surface area contributed by atoms with Crippen molar-refractivity contribution in [3.05, 3.63) is 11.6 Å². The minimum Gasteiger partial charge on any atom is -0.324 e. The molecule has 15 heavy (non-hydrogen) atoms. The van der Waals surface area contributed by atoms with Gasteiger partial charge in [0.25, 0.3) is 0 Å². The molecule has 0 amide bonds. The molecule has 0 saturated heterocycles. The highest BCUT2D eigenvalue weighted by Gasteiger charge is 2.42. The maximum atomic E-state index is 6.47. The Morgan fingerprint density at radius 3 is 2.73 bits per heavy atom. The zero-order valence-corrected chi connectivity index (χ0v) is 9.62. The monoisotopic (exact) mass is 205 g/mol. The van der Waals surface area contributed by atoms with E-state index < -0.39 is 0 Å². The van der Waals surface area contributed by atoms with Crippen LogP contribution in [0.15, 0.2) is 11.6 Å². The normalized spacial score (nSPS) is 41.7. The number of fused-ring (bicyclic) bond motifs is 2. The molecule has 4 unspecified atom stereocenters. The summed E-state index contributed by atoms with van der Waals surface area (Å²) in [4.78, 5) is 0. The fourth-order valence-corrected chi connectivity index (χ4v) is 4.17. The Bertz CT molecular complexity index is 269. The summed E-state index contributed by atoms with van der Waals surface area (Å²) in [6.45, 7) is 0. The second-order valence-electron chi connectivity index (χ2n) is 5.89. The third kappa shape index (κ3) is 1.75. The van der Waals surface area contributed by atoms with E-state index in [1.807, 2.05) is 0 Å². The summed E-state index contributed by atoms with van der Waals surface area (Å²) in [6.07, 6.45) is 13.7. The third-order valence-corrected chi connectivity index (χ3v) is 5.01. The highest BCUT2D eigenvalue weighted by molar-refractivity contribution is 5.16. The van der Waals surface area contributed by atoms with Crippen LogP contribution in [0.1, 0.15) is 51.4 Å². The number of rotatable bonds is 2. The topological polar surface area (TPSA) is 26.0 Å². The minimum absolute atomic E-state index is 0.417. The van der Waals surface area contributed by atoms with Gasteiger partial charge in [0.1, 0.15) is 0 Å². The molecule has 3 rings (SSSR count). The summed E-state index contributed by atoms with van der Waals surface area (Å²) in [5, 5.41) is 0. The summed E-state index contributed by atoms with van der Waals surface area (Å²) < 4.78 is 0. The third-order valence-electron chi connectivity index (χ3n) is 5.01. The molecule has 0 spiro atoms. The second-order valence-corrected chi connectivity index (χ2v) is 5.89. The molecule has 3 aliphatic carbocycles. The maximum Gasteiger partial charge on any atom is 0.0285 e. The van der Waals surface area contributed by atoms with Crippen molar-refractivity contribution in [2.24, 2.45) is 23.5 Å². The molecular weight excluding hydrogens is 182 g/mol. The lowest BCUT2D eigenvalue weighted by Crippen LogP contribution is -2.35. The van der Waals surface area contributed by atoms with E-state index in [0.717, 1.165) is 17.8 Å².